The first-order valence-corrected chi connectivity index (χ1v) is 10.4. The molecule has 0 bridgehead atoms. The molecule has 0 atom stereocenters. The topological polar surface area (TPSA) is 86.8 Å². The number of carbonyl (C=O) groups excluding carboxylic acids is 2. The summed E-state index contributed by atoms with van der Waals surface area (Å²) in [5.41, 5.74) is 0.800. The van der Waals surface area contributed by atoms with Crippen molar-refractivity contribution in [2.75, 3.05) is 25.3 Å². The maximum Gasteiger partial charge on any atom is 0.346 e. The number of rotatable bonds is 8. The van der Waals surface area contributed by atoms with E-state index in [0.717, 1.165) is 11.8 Å². The van der Waals surface area contributed by atoms with E-state index < -0.39 is 5.97 Å². The molecule has 0 radical (unpaired) electrons. The first-order chi connectivity index (χ1) is 15.0. The minimum Gasteiger partial charge on any atom is -0.493 e. The third-order valence-corrected chi connectivity index (χ3v) is 5.36. The zero-order valence-electron chi connectivity index (χ0n) is 16.8. The number of ether oxygens (including phenoxy) is 3. The number of pyridine rings is 1. The predicted octanol–water partition coefficient (Wildman–Crippen LogP) is 4.70. The molecule has 1 N–H and O–H groups in total. The van der Waals surface area contributed by atoms with Gasteiger partial charge in [-0.25, -0.2) is 9.78 Å². The highest BCUT2D eigenvalue weighted by Gasteiger charge is 2.17. The Labute approximate surface area is 188 Å². The van der Waals surface area contributed by atoms with Gasteiger partial charge >= 0.3 is 5.97 Å². The van der Waals surface area contributed by atoms with Crippen LogP contribution in [0, 0.1) is 0 Å². The first kappa shape index (κ1) is 22.5. The summed E-state index contributed by atoms with van der Waals surface area (Å²) in [5, 5.41) is 3.48. The van der Waals surface area contributed by atoms with Gasteiger partial charge < -0.3 is 19.5 Å². The van der Waals surface area contributed by atoms with E-state index in [0.29, 0.717) is 27.2 Å². The second-order valence-electron chi connectivity index (χ2n) is 6.08. The highest BCUT2D eigenvalue weighted by Crippen LogP contribution is 2.30. The third kappa shape index (κ3) is 5.90. The molecule has 3 aromatic rings. The minimum absolute atomic E-state index is 0.0394. The number of nitrogens with one attached hydrogen (secondary N) is 1. The lowest BCUT2D eigenvalue weighted by Gasteiger charge is -2.11. The van der Waals surface area contributed by atoms with Crippen LogP contribution < -0.4 is 19.5 Å². The predicted molar refractivity (Wildman–Crippen MR) is 120 cm³/mol. The summed E-state index contributed by atoms with van der Waals surface area (Å²) < 4.78 is 15.8. The number of aromatic nitrogens is 1. The zero-order chi connectivity index (χ0) is 22.2. The van der Waals surface area contributed by atoms with Gasteiger partial charge in [-0.2, -0.15) is 0 Å². The molecule has 3 rings (SSSR count). The van der Waals surface area contributed by atoms with Crippen LogP contribution in [0.4, 0.5) is 5.69 Å². The number of methoxy groups -OCH3 is 2. The second-order valence-corrected chi connectivity index (χ2v) is 7.45. The lowest BCUT2D eigenvalue weighted by molar-refractivity contribution is -0.113. The molecule has 0 fully saturated rings. The highest BCUT2D eigenvalue weighted by molar-refractivity contribution is 8.00. The molecule has 31 heavy (non-hydrogen) atoms. The van der Waals surface area contributed by atoms with Crippen LogP contribution in [0.3, 0.4) is 0 Å². The number of esters is 1. The lowest BCUT2D eigenvalue weighted by Crippen LogP contribution is -2.15. The highest BCUT2D eigenvalue weighted by atomic mass is 35.5. The number of para-hydroxylation sites is 1. The van der Waals surface area contributed by atoms with Crippen molar-refractivity contribution < 1.29 is 23.8 Å². The molecule has 1 aromatic heterocycles. The third-order valence-electron chi connectivity index (χ3n) is 4.04. The molecular weight excluding hydrogens is 440 g/mol. The van der Waals surface area contributed by atoms with Crippen LogP contribution in [-0.4, -0.2) is 36.8 Å². The van der Waals surface area contributed by atoms with Gasteiger partial charge in [0.05, 0.1) is 30.6 Å². The molecule has 0 aliphatic rings. The van der Waals surface area contributed by atoms with Crippen LogP contribution in [0.5, 0.6) is 17.2 Å². The summed E-state index contributed by atoms with van der Waals surface area (Å²) in [6.45, 7) is 0. The molecule has 0 unspecified atom stereocenters. The Bertz CT molecular complexity index is 1090. The quantitative estimate of drug-likeness (QED) is 0.297. The molecular formula is C22H19ClN2O5S. The van der Waals surface area contributed by atoms with Crippen molar-refractivity contribution in [3.63, 3.8) is 0 Å². The monoisotopic (exact) mass is 458 g/mol. The fraction of sp³-hybridized carbons (Fsp3) is 0.136. The number of amides is 1. The molecule has 1 heterocycles. The number of benzene rings is 2. The molecule has 160 valence electrons. The molecule has 9 heteroatoms. The van der Waals surface area contributed by atoms with Crippen LogP contribution in [0.2, 0.25) is 5.02 Å². The fourth-order valence-corrected chi connectivity index (χ4v) is 3.55. The van der Waals surface area contributed by atoms with E-state index in [4.69, 9.17) is 25.8 Å². The summed E-state index contributed by atoms with van der Waals surface area (Å²) in [7, 11) is 3.05. The maximum absolute atomic E-state index is 12.6. The van der Waals surface area contributed by atoms with Crippen molar-refractivity contribution in [1.29, 1.82) is 0 Å². The molecule has 0 spiro atoms. The van der Waals surface area contributed by atoms with Crippen molar-refractivity contribution in [2.24, 2.45) is 0 Å². The Morgan fingerprint density at radius 2 is 1.77 bits per heavy atom. The van der Waals surface area contributed by atoms with E-state index in [-0.39, 0.29) is 23.0 Å². The van der Waals surface area contributed by atoms with E-state index in [1.54, 1.807) is 60.8 Å². The molecule has 0 saturated heterocycles. The Balaban J connectivity index is 1.65. The van der Waals surface area contributed by atoms with Gasteiger partial charge in [-0.3, -0.25) is 4.79 Å². The summed E-state index contributed by atoms with van der Waals surface area (Å²) in [4.78, 5) is 29.2. The number of thioether (sulfide) groups is 1. The summed E-state index contributed by atoms with van der Waals surface area (Å²) >= 11 is 7.17. The molecule has 2 aromatic carbocycles. The van der Waals surface area contributed by atoms with E-state index in [1.165, 1.54) is 14.2 Å². The Morgan fingerprint density at radius 1 is 1.00 bits per heavy atom. The number of halogens is 1. The number of nitrogens with zero attached hydrogens (tertiary/aromatic N) is 1. The Hall–Kier alpha value is -3.23. The molecule has 7 nitrogen and oxygen atoms in total. The SMILES string of the molecule is COc1ccc(NC(=O)CSc2ncccc2C(=O)Oc2ccccc2Cl)cc1OC. The van der Waals surface area contributed by atoms with Gasteiger partial charge in [-0.05, 0) is 36.4 Å². The number of anilines is 1. The van der Waals surface area contributed by atoms with Crippen LogP contribution in [0.1, 0.15) is 10.4 Å². The lowest BCUT2D eigenvalue weighted by atomic mass is 10.2. The van der Waals surface area contributed by atoms with Crippen molar-refractivity contribution in [3.05, 3.63) is 71.4 Å². The van der Waals surface area contributed by atoms with Crippen LogP contribution in [0.25, 0.3) is 0 Å². The summed E-state index contributed by atoms with van der Waals surface area (Å²) in [5.74, 6) is 0.474. The average Bonchev–Trinajstić information content (AvgIpc) is 2.79. The molecule has 0 aliphatic carbocycles. The second kappa shape index (κ2) is 10.7. The van der Waals surface area contributed by atoms with E-state index in [9.17, 15) is 9.59 Å². The Morgan fingerprint density at radius 3 is 2.52 bits per heavy atom. The van der Waals surface area contributed by atoms with Gasteiger partial charge in [0.15, 0.2) is 11.5 Å². The van der Waals surface area contributed by atoms with Gasteiger partial charge in [-0.1, -0.05) is 35.5 Å². The number of hydrogen-bond donors (Lipinski definition) is 1. The molecule has 1 amide bonds. The van der Waals surface area contributed by atoms with Gasteiger partial charge in [0.1, 0.15) is 10.8 Å². The van der Waals surface area contributed by atoms with E-state index >= 15 is 0 Å². The van der Waals surface area contributed by atoms with E-state index in [1.807, 2.05) is 0 Å². The maximum atomic E-state index is 12.6. The largest absolute Gasteiger partial charge is 0.493 e. The van der Waals surface area contributed by atoms with Crippen LogP contribution in [-0.2, 0) is 4.79 Å². The van der Waals surface area contributed by atoms with Gasteiger partial charge in [0.2, 0.25) is 5.91 Å². The Kier molecular flexibility index (Phi) is 7.75. The minimum atomic E-state index is -0.607. The van der Waals surface area contributed by atoms with Crippen molar-refractivity contribution in [2.45, 2.75) is 5.03 Å². The zero-order valence-corrected chi connectivity index (χ0v) is 18.3. The number of hydrogen-bond acceptors (Lipinski definition) is 7. The fourth-order valence-electron chi connectivity index (χ4n) is 2.59. The first-order valence-electron chi connectivity index (χ1n) is 9.08. The summed E-state index contributed by atoms with van der Waals surface area (Å²) in [6.07, 6.45) is 1.54. The van der Waals surface area contributed by atoms with Crippen molar-refractivity contribution in [1.82, 2.24) is 4.98 Å². The van der Waals surface area contributed by atoms with Gasteiger partial charge in [-0.15, -0.1) is 0 Å². The van der Waals surface area contributed by atoms with Crippen LogP contribution >= 0.6 is 23.4 Å². The normalized spacial score (nSPS) is 10.3. The summed E-state index contributed by atoms with van der Waals surface area (Å²) in [6, 6.07) is 14.9. The van der Waals surface area contributed by atoms with Crippen molar-refractivity contribution >= 4 is 40.9 Å². The van der Waals surface area contributed by atoms with Gasteiger partial charge in [0, 0.05) is 18.0 Å². The smallest absolute Gasteiger partial charge is 0.346 e. The molecule has 0 saturated carbocycles. The number of carbonyl (C=O) groups is 2. The average molecular weight is 459 g/mol. The van der Waals surface area contributed by atoms with Crippen LogP contribution in [0.15, 0.2) is 65.8 Å². The molecule has 0 aliphatic heterocycles. The van der Waals surface area contributed by atoms with E-state index in [2.05, 4.69) is 10.3 Å². The van der Waals surface area contributed by atoms with Gasteiger partial charge in [0.25, 0.3) is 0 Å². The van der Waals surface area contributed by atoms with Crippen molar-refractivity contribution in [3.8, 4) is 17.2 Å². The standard InChI is InChI=1S/C22H19ClN2O5S/c1-28-18-10-9-14(12-19(18)29-2)25-20(26)13-31-21-15(6-5-11-24-21)22(27)30-17-8-4-3-7-16(17)23/h3-12H,13H2,1-2H3,(H,25,26).